The number of hydrogen-bond acceptors (Lipinski definition) is 3. The number of hydrogen-bond donors (Lipinski definition) is 1. The Labute approximate surface area is 135 Å². The maximum Gasteiger partial charge on any atom is 0.145 e. The molecule has 0 spiro atoms. The van der Waals surface area contributed by atoms with Crippen LogP contribution in [0.2, 0.25) is 0 Å². The van der Waals surface area contributed by atoms with E-state index in [1.807, 2.05) is 48.7 Å². The Morgan fingerprint density at radius 3 is 2.57 bits per heavy atom. The highest BCUT2D eigenvalue weighted by molar-refractivity contribution is 6.16. The van der Waals surface area contributed by atoms with E-state index in [1.165, 1.54) is 0 Å². The third kappa shape index (κ3) is 2.61. The van der Waals surface area contributed by atoms with Gasteiger partial charge in [0.15, 0.2) is 0 Å². The molecule has 2 heterocycles. The quantitative estimate of drug-likeness (QED) is 0.769. The Balaban J connectivity index is 1.84. The summed E-state index contributed by atoms with van der Waals surface area (Å²) in [5, 5.41) is 4.57. The van der Waals surface area contributed by atoms with Crippen LogP contribution in [-0.4, -0.2) is 10.7 Å². The van der Waals surface area contributed by atoms with Gasteiger partial charge in [0.2, 0.25) is 0 Å². The minimum Gasteiger partial charge on any atom is -0.364 e. The number of para-hydroxylation sites is 1. The summed E-state index contributed by atoms with van der Waals surface area (Å²) in [5.41, 5.74) is 5.39. The van der Waals surface area contributed by atoms with Crippen molar-refractivity contribution in [3.05, 3.63) is 89.8 Å². The first-order valence-electron chi connectivity index (χ1n) is 7.73. The van der Waals surface area contributed by atoms with Crippen LogP contribution in [0, 0.1) is 0 Å². The van der Waals surface area contributed by atoms with Crippen LogP contribution < -0.4 is 5.32 Å². The molecule has 23 heavy (non-hydrogen) atoms. The molecule has 0 bridgehead atoms. The van der Waals surface area contributed by atoms with Crippen molar-refractivity contribution in [1.82, 2.24) is 10.3 Å². The van der Waals surface area contributed by atoms with E-state index >= 15 is 0 Å². The van der Waals surface area contributed by atoms with Crippen LogP contribution in [0.4, 0.5) is 0 Å². The number of fused-ring (bicyclic) bond motifs is 1. The Bertz CT molecular complexity index is 905. The van der Waals surface area contributed by atoms with Gasteiger partial charge >= 0.3 is 0 Å². The normalized spacial score (nSPS) is 17.3. The third-order valence-electron chi connectivity index (χ3n) is 4.03. The fraction of sp³-hybridized carbons (Fsp3) is 0.100. The number of nitrogens with one attached hydrogen (secondary N) is 1. The maximum absolute atomic E-state index is 4.92. The standard InChI is InChI=1S/C20H17N3/c1-14-13-19(23-20(22-14)15-7-3-2-4-8-15)17-11-12-21-18-10-6-5-9-16(17)18/h2-13,20,22H,1H3. The minimum atomic E-state index is -0.0527. The third-order valence-corrected chi connectivity index (χ3v) is 4.03. The SMILES string of the molecule is CC1=CC(c2ccnc3ccccc23)=NC(c2ccccc2)N1. The first-order chi connectivity index (χ1) is 11.3. The summed E-state index contributed by atoms with van der Waals surface area (Å²) in [4.78, 5) is 9.37. The van der Waals surface area contributed by atoms with Crippen LogP contribution in [0.3, 0.4) is 0 Å². The molecular weight excluding hydrogens is 282 g/mol. The van der Waals surface area contributed by atoms with Gasteiger partial charge < -0.3 is 5.32 Å². The summed E-state index contributed by atoms with van der Waals surface area (Å²) in [6, 6.07) is 20.5. The molecule has 2 aromatic carbocycles. The summed E-state index contributed by atoms with van der Waals surface area (Å²) >= 11 is 0. The molecule has 4 rings (SSSR count). The monoisotopic (exact) mass is 299 g/mol. The number of nitrogens with zero attached hydrogens (tertiary/aromatic N) is 2. The van der Waals surface area contributed by atoms with E-state index in [1.54, 1.807) is 0 Å². The van der Waals surface area contributed by atoms with E-state index in [0.29, 0.717) is 0 Å². The van der Waals surface area contributed by atoms with Crippen molar-refractivity contribution in [2.45, 2.75) is 13.1 Å². The number of allylic oxidation sites excluding steroid dienone is 2. The number of pyridine rings is 1. The largest absolute Gasteiger partial charge is 0.364 e. The van der Waals surface area contributed by atoms with Gasteiger partial charge in [0.1, 0.15) is 6.17 Å². The van der Waals surface area contributed by atoms with Gasteiger partial charge in [0, 0.05) is 22.8 Å². The van der Waals surface area contributed by atoms with Gasteiger partial charge in [0.25, 0.3) is 0 Å². The Hall–Kier alpha value is -2.94. The van der Waals surface area contributed by atoms with Crippen LogP contribution in [0.15, 0.2) is 83.6 Å². The van der Waals surface area contributed by atoms with E-state index in [0.717, 1.165) is 33.4 Å². The van der Waals surface area contributed by atoms with E-state index in [-0.39, 0.29) is 6.17 Å². The van der Waals surface area contributed by atoms with E-state index in [9.17, 15) is 0 Å². The molecule has 0 aliphatic carbocycles. The van der Waals surface area contributed by atoms with Gasteiger partial charge in [-0.05, 0) is 30.7 Å². The molecule has 3 heteroatoms. The summed E-state index contributed by atoms with van der Waals surface area (Å²) in [6.45, 7) is 2.08. The Morgan fingerprint density at radius 2 is 1.70 bits per heavy atom. The maximum atomic E-state index is 4.92. The Kier molecular flexibility index (Phi) is 3.39. The van der Waals surface area contributed by atoms with Crippen molar-refractivity contribution in [2.75, 3.05) is 0 Å². The molecule has 3 aromatic rings. The fourth-order valence-electron chi connectivity index (χ4n) is 2.93. The van der Waals surface area contributed by atoms with Crippen molar-refractivity contribution in [2.24, 2.45) is 4.99 Å². The highest BCUT2D eigenvalue weighted by Gasteiger charge is 2.17. The van der Waals surface area contributed by atoms with Gasteiger partial charge in [-0.15, -0.1) is 0 Å². The highest BCUT2D eigenvalue weighted by atomic mass is 15.1. The van der Waals surface area contributed by atoms with Crippen molar-refractivity contribution in [3.63, 3.8) is 0 Å². The summed E-state index contributed by atoms with van der Waals surface area (Å²) in [6.07, 6.45) is 3.90. The first kappa shape index (κ1) is 13.7. The molecule has 112 valence electrons. The van der Waals surface area contributed by atoms with Crippen LogP contribution in [-0.2, 0) is 0 Å². The Morgan fingerprint density at radius 1 is 0.913 bits per heavy atom. The smallest absolute Gasteiger partial charge is 0.145 e. The highest BCUT2D eigenvalue weighted by Crippen LogP contribution is 2.24. The zero-order valence-corrected chi connectivity index (χ0v) is 12.9. The molecule has 1 N–H and O–H groups in total. The number of benzene rings is 2. The molecule has 1 atom stereocenters. The number of aromatic nitrogens is 1. The van der Waals surface area contributed by atoms with Gasteiger partial charge in [-0.1, -0.05) is 48.5 Å². The predicted molar refractivity (Wildman–Crippen MR) is 94.4 cm³/mol. The van der Waals surface area contributed by atoms with Crippen molar-refractivity contribution in [3.8, 4) is 0 Å². The average molecular weight is 299 g/mol. The molecule has 0 saturated heterocycles. The van der Waals surface area contributed by atoms with Crippen molar-refractivity contribution < 1.29 is 0 Å². The molecule has 1 unspecified atom stereocenters. The molecule has 0 radical (unpaired) electrons. The molecule has 0 fully saturated rings. The summed E-state index contributed by atoms with van der Waals surface area (Å²) in [7, 11) is 0. The van der Waals surface area contributed by atoms with E-state index in [4.69, 9.17) is 4.99 Å². The molecule has 1 aliphatic heterocycles. The van der Waals surface area contributed by atoms with Gasteiger partial charge in [-0.25, -0.2) is 0 Å². The predicted octanol–water partition coefficient (Wildman–Crippen LogP) is 4.23. The lowest BCUT2D eigenvalue weighted by molar-refractivity contribution is 0.620. The molecule has 1 aromatic heterocycles. The zero-order chi connectivity index (χ0) is 15.6. The van der Waals surface area contributed by atoms with Gasteiger partial charge in [-0.3, -0.25) is 9.98 Å². The van der Waals surface area contributed by atoms with Crippen LogP contribution in [0.5, 0.6) is 0 Å². The van der Waals surface area contributed by atoms with Gasteiger partial charge in [0.05, 0.1) is 11.2 Å². The average Bonchev–Trinajstić information content (AvgIpc) is 2.61. The number of aliphatic imine (C=N–C) groups is 1. The molecule has 0 amide bonds. The number of rotatable bonds is 2. The first-order valence-corrected chi connectivity index (χ1v) is 7.73. The summed E-state index contributed by atoms with van der Waals surface area (Å²) in [5.74, 6) is 0. The zero-order valence-electron chi connectivity index (χ0n) is 12.9. The second-order valence-electron chi connectivity index (χ2n) is 5.67. The second kappa shape index (κ2) is 5.69. The summed E-state index contributed by atoms with van der Waals surface area (Å²) < 4.78 is 0. The molecule has 1 aliphatic rings. The molecular formula is C20H17N3. The minimum absolute atomic E-state index is 0.0527. The van der Waals surface area contributed by atoms with Crippen molar-refractivity contribution in [1.29, 1.82) is 0 Å². The van der Waals surface area contributed by atoms with Crippen LogP contribution in [0.25, 0.3) is 10.9 Å². The molecule has 0 saturated carbocycles. The van der Waals surface area contributed by atoms with E-state index in [2.05, 4.69) is 41.5 Å². The van der Waals surface area contributed by atoms with Gasteiger partial charge in [-0.2, -0.15) is 0 Å². The molecule has 3 nitrogen and oxygen atoms in total. The fourth-order valence-corrected chi connectivity index (χ4v) is 2.93. The van der Waals surface area contributed by atoms with Crippen LogP contribution >= 0.6 is 0 Å². The second-order valence-corrected chi connectivity index (χ2v) is 5.67. The lowest BCUT2D eigenvalue weighted by atomic mass is 10.0. The lowest BCUT2D eigenvalue weighted by Crippen LogP contribution is -2.24. The lowest BCUT2D eigenvalue weighted by Gasteiger charge is -2.23. The topological polar surface area (TPSA) is 37.3 Å². The van der Waals surface area contributed by atoms with Crippen molar-refractivity contribution >= 4 is 16.6 Å². The van der Waals surface area contributed by atoms with E-state index < -0.39 is 0 Å². The van der Waals surface area contributed by atoms with Crippen LogP contribution in [0.1, 0.15) is 24.2 Å².